The summed E-state index contributed by atoms with van der Waals surface area (Å²) in [4.78, 5) is 30.5. The second kappa shape index (κ2) is 7.84. The van der Waals surface area contributed by atoms with Gasteiger partial charge >= 0.3 is 0 Å². The number of hydrogen-bond acceptors (Lipinski definition) is 7. The summed E-state index contributed by atoms with van der Waals surface area (Å²) >= 11 is 0. The standard InChI is InChI=1S/C28H31N3O6/c1-29(23(33)7-4-18-9-13-36-16-18)20-8-10-28(31(34)35)22-14-19-5-6-21(32)25-24(19)27(28,26(20)37-25)11-12-30(22)15-17-2-3-17/h4-7,9,13,16-17,20,22,26,32H,2-3,8,10-12,14-15H2,1H3/b7-4+/t20-,22+,26-,27-,28+/m0/s1. The van der Waals surface area contributed by atoms with Crippen LogP contribution in [-0.2, 0) is 16.6 Å². The Morgan fingerprint density at radius 2 is 2.14 bits per heavy atom. The molecule has 1 spiro atoms. The van der Waals surface area contributed by atoms with Gasteiger partial charge in [-0.2, -0.15) is 0 Å². The molecule has 1 amide bonds. The maximum Gasteiger partial charge on any atom is 0.251 e. The molecule has 9 nitrogen and oxygen atoms in total. The lowest BCUT2D eigenvalue weighted by molar-refractivity contribution is -0.606. The number of likely N-dealkylation sites (tertiary alicyclic amines) is 1. The van der Waals surface area contributed by atoms with E-state index in [2.05, 4.69) is 4.90 Å². The van der Waals surface area contributed by atoms with Crippen molar-refractivity contribution in [2.75, 3.05) is 20.1 Å². The van der Waals surface area contributed by atoms with Crippen molar-refractivity contribution in [1.82, 2.24) is 9.80 Å². The topological polar surface area (TPSA) is 109 Å². The number of ether oxygens (including phenoxy) is 1. The normalized spacial score (nSPS) is 33.7. The van der Waals surface area contributed by atoms with E-state index in [1.54, 1.807) is 42.7 Å². The lowest BCUT2D eigenvalue weighted by Crippen LogP contribution is -2.80. The smallest absolute Gasteiger partial charge is 0.251 e. The van der Waals surface area contributed by atoms with Crippen molar-refractivity contribution < 1.29 is 24.0 Å². The Morgan fingerprint density at radius 3 is 2.86 bits per heavy atom. The van der Waals surface area contributed by atoms with Gasteiger partial charge in [-0.05, 0) is 68.3 Å². The number of rotatable bonds is 6. The van der Waals surface area contributed by atoms with Crippen LogP contribution in [0.25, 0.3) is 6.08 Å². The van der Waals surface area contributed by atoms with Crippen molar-refractivity contribution in [2.45, 2.75) is 67.7 Å². The second-order valence-corrected chi connectivity index (χ2v) is 11.5. The molecule has 2 saturated carbocycles. The summed E-state index contributed by atoms with van der Waals surface area (Å²) in [5.74, 6) is 0.835. The number of nitro groups is 1. The van der Waals surface area contributed by atoms with Gasteiger partial charge in [0.15, 0.2) is 11.5 Å². The van der Waals surface area contributed by atoms with E-state index in [0.29, 0.717) is 37.4 Å². The molecule has 194 valence electrons. The van der Waals surface area contributed by atoms with Crippen LogP contribution < -0.4 is 4.74 Å². The van der Waals surface area contributed by atoms with Crippen LogP contribution in [0.15, 0.2) is 41.2 Å². The number of furan rings is 1. The predicted molar refractivity (Wildman–Crippen MR) is 134 cm³/mol. The fourth-order valence-corrected chi connectivity index (χ4v) is 8.05. The molecule has 37 heavy (non-hydrogen) atoms. The van der Waals surface area contributed by atoms with Crippen LogP contribution in [0, 0.1) is 16.0 Å². The first-order chi connectivity index (χ1) is 17.9. The van der Waals surface area contributed by atoms with E-state index in [-0.39, 0.29) is 28.7 Å². The van der Waals surface area contributed by atoms with E-state index < -0.39 is 17.1 Å². The number of hydrogen-bond donors (Lipinski definition) is 1. The number of phenols is 1. The summed E-state index contributed by atoms with van der Waals surface area (Å²) in [6.45, 7) is 1.67. The third-order valence-electron chi connectivity index (χ3n) is 9.86. The highest BCUT2D eigenvalue weighted by Crippen LogP contribution is 2.67. The van der Waals surface area contributed by atoms with E-state index in [9.17, 15) is 20.0 Å². The first-order valence-corrected chi connectivity index (χ1v) is 13.2. The molecule has 9 heteroatoms. The maximum absolute atomic E-state index is 13.3. The quantitative estimate of drug-likeness (QED) is 0.364. The van der Waals surface area contributed by atoms with E-state index in [4.69, 9.17) is 9.15 Å². The molecule has 5 aliphatic rings. The third kappa shape index (κ3) is 2.97. The Kier molecular flexibility index (Phi) is 4.84. The zero-order valence-corrected chi connectivity index (χ0v) is 20.8. The van der Waals surface area contributed by atoms with Crippen LogP contribution in [0.1, 0.15) is 48.8 Å². The molecule has 3 fully saturated rings. The Balaban J connectivity index is 1.32. The summed E-state index contributed by atoms with van der Waals surface area (Å²) in [6.07, 6.45) is 10.1. The molecule has 0 radical (unpaired) electrons. The first kappa shape index (κ1) is 22.8. The predicted octanol–water partition coefficient (Wildman–Crippen LogP) is 3.37. The summed E-state index contributed by atoms with van der Waals surface area (Å²) in [6, 6.07) is 4.76. The second-order valence-electron chi connectivity index (χ2n) is 11.5. The van der Waals surface area contributed by atoms with E-state index in [0.717, 1.165) is 29.8 Å². The lowest BCUT2D eigenvalue weighted by atomic mass is 9.46. The number of phenolic OH excluding ortho intramolecular Hbond substituents is 1. The van der Waals surface area contributed by atoms with Gasteiger partial charge in [0.25, 0.3) is 5.54 Å². The Morgan fingerprint density at radius 1 is 1.30 bits per heavy atom. The summed E-state index contributed by atoms with van der Waals surface area (Å²) in [5, 5.41) is 24.1. The summed E-state index contributed by atoms with van der Waals surface area (Å²) in [5.41, 5.74) is 0.524. The highest BCUT2D eigenvalue weighted by Gasteiger charge is 2.80. The van der Waals surface area contributed by atoms with Gasteiger partial charge in [-0.1, -0.05) is 6.07 Å². The monoisotopic (exact) mass is 505 g/mol. The number of amides is 1. The molecule has 0 unspecified atom stereocenters. The molecule has 1 aromatic carbocycles. The van der Waals surface area contributed by atoms with Crippen molar-refractivity contribution in [1.29, 1.82) is 0 Å². The van der Waals surface area contributed by atoms with E-state index in [1.165, 1.54) is 18.9 Å². The highest BCUT2D eigenvalue weighted by atomic mass is 16.6. The van der Waals surface area contributed by atoms with Crippen molar-refractivity contribution in [3.8, 4) is 11.5 Å². The van der Waals surface area contributed by atoms with Crippen LogP contribution in [0.4, 0.5) is 0 Å². The molecule has 2 aromatic rings. The number of nitrogens with zero attached hydrogens (tertiary/aromatic N) is 3. The van der Waals surface area contributed by atoms with Gasteiger partial charge in [-0.25, -0.2) is 0 Å². The molecule has 5 atom stereocenters. The van der Waals surface area contributed by atoms with Crippen molar-refractivity contribution in [3.63, 3.8) is 0 Å². The van der Waals surface area contributed by atoms with Crippen molar-refractivity contribution >= 4 is 12.0 Å². The molecule has 7 rings (SSSR count). The van der Waals surface area contributed by atoms with E-state index in [1.807, 2.05) is 6.07 Å². The molecule has 1 aromatic heterocycles. The van der Waals surface area contributed by atoms with Crippen LogP contribution >= 0.6 is 0 Å². The minimum Gasteiger partial charge on any atom is -0.504 e. The van der Waals surface area contributed by atoms with Crippen LogP contribution in [0.2, 0.25) is 0 Å². The van der Waals surface area contributed by atoms with Gasteiger partial charge in [-0.15, -0.1) is 0 Å². The number of carbonyl (C=O) groups is 1. The molecule has 2 bridgehead atoms. The first-order valence-electron chi connectivity index (χ1n) is 13.2. The number of piperidine rings is 1. The largest absolute Gasteiger partial charge is 0.504 e. The summed E-state index contributed by atoms with van der Waals surface area (Å²) in [7, 11) is 1.75. The van der Waals surface area contributed by atoms with Crippen LogP contribution in [0.5, 0.6) is 11.5 Å². The van der Waals surface area contributed by atoms with Gasteiger partial charge in [-0.3, -0.25) is 19.8 Å². The van der Waals surface area contributed by atoms with Gasteiger partial charge < -0.3 is 19.2 Å². The molecular formula is C28H31N3O6. The van der Waals surface area contributed by atoms with Crippen molar-refractivity contribution in [3.05, 3.63) is 63.6 Å². The fraction of sp³-hybridized carbons (Fsp3) is 0.536. The van der Waals surface area contributed by atoms with Gasteiger partial charge in [0.05, 0.1) is 24.6 Å². The molecule has 1 N–H and O–H groups in total. The maximum atomic E-state index is 13.3. The van der Waals surface area contributed by atoms with E-state index >= 15 is 0 Å². The SMILES string of the molecule is CN(C(=O)/C=C/c1ccoc1)[C@H]1CC[C@@]2([N+](=O)[O-])[C@H]3Cc4ccc(O)c5c4[C@@]2(CCN3CC2CC2)[C@H]1O5. The average Bonchev–Trinajstić information content (AvgIpc) is 3.40. The fourth-order valence-electron chi connectivity index (χ4n) is 8.05. The lowest BCUT2D eigenvalue weighted by Gasteiger charge is -2.61. The Bertz CT molecular complexity index is 1300. The Hall–Kier alpha value is -3.33. The van der Waals surface area contributed by atoms with Crippen LogP contribution in [0.3, 0.4) is 0 Å². The van der Waals surface area contributed by atoms with Gasteiger partial charge in [0.2, 0.25) is 5.91 Å². The van der Waals surface area contributed by atoms with Gasteiger partial charge in [0, 0.05) is 42.1 Å². The van der Waals surface area contributed by atoms with Crippen molar-refractivity contribution in [2.24, 2.45) is 5.92 Å². The molecular weight excluding hydrogens is 474 g/mol. The summed E-state index contributed by atoms with van der Waals surface area (Å²) < 4.78 is 11.6. The molecule has 3 aliphatic carbocycles. The Labute approximate surface area is 214 Å². The van der Waals surface area contributed by atoms with Crippen LogP contribution in [-0.4, -0.2) is 69.6 Å². The molecule has 2 aliphatic heterocycles. The molecule has 1 saturated heterocycles. The zero-order valence-electron chi connectivity index (χ0n) is 20.8. The van der Waals surface area contributed by atoms with Gasteiger partial charge in [0.1, 0.15) is 11.5 Å². The number of likely N-dealkylation sites (N-methyl/N-ethyl adjacent to an activating group) is 1. The molecule has 3 heterocycles. The number of benzene rings is 1. The zero-order chi connectivity index (χ0) is 25.5. The highest BCUT2D eigenvalue weighted by molar-refractivity contribution is 5.92. The number of aromatic hydroxyl groups is 1. The minimum atomic E-state index is -1.22. The number of carbonyl (C=O) groups excluding carboxylic acids is 1. The average molecular weight is 506 g/mol. The third-order valence-corrected chi connectivity index (χ3v) is 9.86. The minimum absolute atomic E-state index is 0.0196.